The molecule has 4 aromatic rings. The molecule has 0 aromatic heterocycles. The van der Waals surface area contributed by atoms with Gasteiger partial charge in [0.1, 0.15) is 5.75 Å². The molecule has 0 saturated carbocycles. The smallest absolute Gasteiger partial charge is 0.343 e. The van der Waals surface area contributed by atoms with Crippen LogP contribution in [0.1, 0.15) is 43.6 Å². The van der Waals surface area contributed by atoms with Crippen molar-refractivity contribution in [2.75, 3.05) is 19.0 Å². The maximum Gasteiger partial charge on any atom is 0.343 e. The van der Waals surface area contributed by atoms with Crippen molar-refractivity contribution in [3.05, 3.63) is 118 Å². The van der Waals surface area contributed by atoms with Crippen LogP contribution in [0.3, 0.4) is 0 Å². The molecule has 0 unspecified atom stereocenters. The highest BCUT2D eigenvalue weighted by Gasteiger charge is 2.15. The van der Waals surface area contributed by atoms with Crippen molar-refractivity contribution in [1.82, 2.24) is 5.43 Å². The average molecular weight is 572 g/mol. The molecule has 208 valence electrons. The van der Waals surface area contributed by atoms with Gasteiger partial charge in [0, 0.05) is 16.3 Å². The number of carbonyl (C=O) groups is 3. The molecule has 4 aromatic carbocycles. The first-order chi connectivity index (χ1) is 19.9. The van der Waals surface area contributed by atoms with Crippen LogP contribution in [-0.2, 0) is 0 Å². The van der Waals surface area contributed by atoms with E-state index in [-0.39, 0.29) is 16.9 Å². The van der Waals surface area contributed by atoms with Crippen LogP contribution < -0.4 is 25.0 Å². The Bertz CT molecular complexity index is 1590. The van der Waals surface area contributed by atoms with Gasteiger partial charge in [0.15, 0.2) is 11.5 Å². The number of nitrogens with one attached hydrogen (secondary N) is 2. The van der Waals surface area contributed by atoms with E-state index in [0.29, 0.717) is 39.9 Å². The minimum atomic E-state index is -0.509. The number of hydrazone groups is 1. The van der Waals surface area contributed by atoms with Crippen molar-refractivity contribution in [2.24, 2.45) is 5.10 Å². The maximum absolute atomic E-state index is 12.8. The molecule has 0 aliphatic heterocycles. The number of methoxy groups -OCH3 is 1. The van der Waals surface area contributed by atoms with Crippen molar-refractivity contribution in [3.63, 3.8) is 0 Å². The van der Waals surface area contributed by atoms with Crippen LogP contribution in [0.15, 0.2) is 96.1 Å². The normalized spacial score (nSPS) is 10.6. The van der Waals surface area contributed by atoms with Crippen molar-refractivity contribution in [3.8, 4) is 17.2 Å². The standard InChI is InChI=1S/C31H26ClN3O6/c1-3-40-28-16-20(12-14-27(28)41-31(38)21-8-5-4-6-9-21)19-33-35-29(36)22-10-7-11-24(17-22)34-30(37)25-18-23(32)13-15-26(25)39-2/h4-19H,3H2,1-2H3,(H,34,37)(H,35,36). The minimum Gasteiger partial charge on any atom is -0.496 e. The van der Waals surface area contributed by atoms with E-state index >= 15 is 0 Å². The predicted octanol–water partition coefficient (Wildman–Crippen LogP) is 5.98. The van der Waals surface area contributed by atoms with Gasteiger partial charge in [-0.15, -0.1) is 0 Å². The molecule has 0 heterocycles. The molecule has 0 spiro atoms. The molecule has 0 bridgehead atoms. The Balaban J connectivity index is 1.41. The second kappa shape index (κ2) is 13.8. The zero-order chi connectivity index (χ0) is 29.2. The highest BCUT2D eigenvalue weighted by molar-refractivity contribution is 6.31. The lowest BCUT2D eigenvalue weighted by Crippen LogP contribution is -2.18. The molecule has 4 rings (SSSR count). The van der Waals surface area contributed by atoms with Gasteiger partial charge in [-0.25, -0.2) is 10.2 Å². The number of rotatable bonds is 10. The van der Waals surface area contributed by atoms with Gasteiger partial charge in [-0.05, 0) is 79.2 Å². The summed E-state index contributed by atoms with van der Waals surface area (Å²) in [4.78, 5) is 37.9. The highest BCUT2D eigenvalue weighted by Crippen LogP contribution is 2.29. The number of hydrogen-bond acceptors (Lipinski definition) is 7. The van der Waals surface area contributed by atoms with Crippen LogP contribution in [0, 0.1) is 0 Å². The first kappa shape index (κ1) is 28.8. The van der Waals surface area contributed by atoms with E-state index < -0.39 is 17.8 Å². The van der Waals surface area contributed by atoms with Crippen molar-refractivity contribution in [2.45, 2.75) is 6.92 Å². The van der Waals surface area contributed by atoms with Gasteiger partial charge >= 0.3 is 5.97 Å². The second-order valence-electron chi connectivity index (χ2n) is 8.47. The quantitative estimate of drug-likeness (QED) is 0.105. The SMILES string of the molecule is CCOc1cc(C=NNC(=O)c2cccc(NC(=O)c3cc(Cl)ccc3OC)c2)ccc1OC(=O)c1ccccc1. The number of nitrogens with zero attached hydrogens (tertiary/aromatic N) is 1. The number of amides is 2. The summed E-state index contributed by atoms with van der Waals surface area (Å²) < 4.78 is 16.4. The molecule has 0 aliphatic rings. The highest BCUT2D eigenvalue weighted by atomic mass is 35.5. The number of anilines is 1. The Kier molecular flexibility index (Phi) is 9.69. The van der Waals surface area contributed by atoms with Gasteiger partial charge in [0.05, 0.1) is 31.1 Å². The van der Waals surface area contributed by atoms with Crippen molar-refractivity contribution >= 4 is 41.3 Å². The third kappa shape index (κ3) is 7.71. The third-order valence-corrected chi connectivity index (χ3v) is 5.88. The van der Waals surface area contributed by atoms with Gasteiger partial charge < -0.3 is 19.5 Å². The topological polar surface area (TPSA) is 115 Å². The van der Waals surface area contributed by atoms with Crippen LogP contribution in [0.4, 0.5) is 5.69 Å². The number of esters is 1. The molecule has 9 nitrogen and oxygen atoms in total. The molecule has 0 atom stereocenters. The fourth-order valence-corrected chi connectivity index (χ4v) is 3.89. The number of halogens is 1. The summed E-state index contributed by atoms with van der Waals surface area (Å²) in [6, 6.07) is 24.6. The first-order valence-corrected chi connectivity index (χ1v) is 12.9. The molecular weight excluding hydrogens is 546 g/mol. The Morgan fingerprint density at radius 1 is 0.829 bits per heavy atom. The van der Waals surface area contributed by atoms with Crippen LogP contribution in [0.2, 0.25) is 5.02 Å². The largest absolute Gasteiger partial charge is 0.496 e. The monoisotopic (exact) mass is 571 g/mol. The van der Waals surface area contributed by atoms with E-state index in [1.807, 2.05) is 13.0 Å². The van der Waals surface area contributed by atoms with Gasteiger partial charge in [0.2, 0.25) is 0 Å². The molecule has 10 heteroatoms. The summed E-state index contributed by atoms with van der Waals surface area (Å²) in [6.45, 7) is 2.16. The second-order valence-corrected chi connectivity index (χ2v) is 8.91. The van der Waals surface area contributed by atoms with E-state index in [1.54, 1.807) is 72.8 Å². The summed E-state index contributed by atoms with van der Waals surface area (Å²) in [7, 11) is 1.46. The minimum absolute atomic E-state index is 0.256. The van der Waals surface area contributed by atoms with E-state index in [0.717, 1.165) is 0 Å². The number of hydrogen-bond donors (Lipinski definition) is 2. The van der Waals surface area contributed by atoms with Gasteiger partial charge in [-0.2, -0.15) is 5.10 Å². The Hall–Kier alpha value is -5.15. The maximum atomic E-state index is 12.8. The Labute approximate surface area is 241 Å². The fourth-order valence-electron chi connectivity index (χ4n) is 3.71. The molecule has 2 N–H and O–H groups in total. The average Bonchev–Trinajstić information content (AvgIpc) is 2.99. The number of benzene rings is 4. The first-order valence-electron chi connectivity index (χ1n) is 12.5. The molecule has 2 amide bonds. The summed E-state index contributed by atoms with van der Waals surface area (Å²) in [5.41, 5.74) is 4.40. The zero-order valence-electron chi connectivity index (χ0n) is 22.2. The van der Waals surface area contributed by atoms with Crippen LogP contribution >= 0.6 is 11.6 Å². The van der Waals surface area contributed by atoms with Crippen molar-refractivity contribution < 1.29 is 28.6 Å². The van der Waals surface area contributed by atoms with Gasteiger partial charge in [0.25, 0.3) is 11.8 Å². The summed E-state index contributed by atoms with van der Waals surface area (Å²) in [5.74, 6) is -0.461. The lowest BCUT2D eigenvalue weighted by Gasteiger charge is -2.11. The predicted molar refractivity (Wildman–Crippen MR) is 156 cm³/mol. The fraction of sp³-hybridized carbons (Fsp3) is 0.0968. The van der Waals surface area contributed by atoms with Crippen molar-refractivity contribution in [1.29, 1.82) is 0 Å². The van der Waals surface area contributed by atoms with Crippen LogP contribution in [0.5, 0.6) is 17.2 Å². The van der Waals surface area contributed by atoms with E-state index in [4.69, 9.17) is 25.8 Å². The summed E-state index contributed by atoms with van der Waals surface area (Å²) >= 11 is 6.03. The lowest BCUT2D eigenvalue weighted by molar-refractivity contribution is 0.0728. The van der Waals surface area contributed by atoms with E-state index in [1.165, 1.54) is 25.5 Å². The molecular formula is C31H26ClN3O6. The van der Waals surface area contributed by atoms with Gasteiger partial charge in [-0.3, -0.25) is 9.59 Å². The number of ether oxygens (including phenoxy) is 3. The van der Waals surface area contributed by atoms with Crippen LogP contribution in [0.25, 0.3) is 0 Å². The third-order valence-electron chi connectivity index (χ3n) is 5.65. The Morgan fingerprint density at radius 2 is 1.59 bits per heavy atom. The molecule has 0 radical (unpaired) electrons. The molecule has 0 aliphatic carbocycles. The van der Waals surface area contributed by atoms with Gasteiger partial charge in [-0.1, -0.05) is 35.9 Å². The summed E-state index contributed by atoms with van der Waals surface area (Å²) in [5, 5.41) is 7.15. The molecule has 41 heavy (non-hydrogen) atoms. The Morgan fingerprint density at radius 3 is 2.34 bits per heavy atom. The van der Waals surface area contributed by atoms with E-state index in [2.05, 4.69) is 15.8 Å². The molecule has 0 saturated heterocycles. The number of carbonyl (C=O) groups excluding carboxylic acids is 3. The molecule has 0 fully saturated rings. The summed E-state index contributed by atoms with van der Waals surface area (Å²) in [6.07, 6.45) is 1.43. The lowest BCUT2D eigenvalue weighted by atomic mass is 10.1. The van der Waals surface area contributed by atoms with E-state index in [9.17, 15) is 14.4 Å². The zero-order valence-corrected chi connectivity index (χ0v) is 23.0. The van der Waals surface area contributed by atoms with Crippen LogP contribution in [-0.4, -0.2) is 37.7 Å².